The molecule has 1 N–H and O–H groups in total. The first-order valence-electron chi connectivity index (χ1n) is 8.65. The van der Waals surface area contributed by atoms with Gasteiger partial charge < -0.3 is 9.88 Å². The average molecular weight is 376 g/mol. The lowest BCUT2D eigenvalue weighted by atomic mass is 10.1. The Morgan fingerprint density at radius 3 is 2.58 bits per heavy atom. The number of carbonyl (C=O) groups excluding carboxylic acids is 1. The van der Waals surface area contributed by atoms with E-state index in [1.165, 1.54) is 4.31 Å². The van der Waals surface area contributed by atoms with Gasteiger partial charge in [0, 0.05) is 24.6 Å². The van der Waals surface area contributed by atoms with Gasteiger partial charge >= 0.3 is 0 Å². The molecule has 0 saturated carbocycles. The average Bonchev–Trinajstić information content (AvgIpc) is 3.23. The molecular weight excluding hydrogens is 352 g/mol. The van der Waals surface area contributed by atoms with Crippen molar-refractivity contribution in [2.24, 2.45) is 0 Å². The minimum absolute atomic E-state index is 0.206. The lowest BCUT2D eigenvalue weighted by Crippen LogP contribution is -2.46. The van der Waals surface area contributed by atoms with Gasteiger partial charge in [-0.1, -0.05) is 12.1 Å². The SMILES string of the molecule is Cc1nccn1-c1ccc([C@@H](C)NC(=O)[C@@H]2CCCN2S(C)(=O)=O)cc1. The summed E-state index contributed by atoms with van der Waals surface area (Å²) in [7, 11) is -3.37. The van der Waals surface area contributed by atoms with Crippen LogP contribution in [0.5, 0.6) is 0 Å². The number of nitrogens with one attached hydrogen (secondary N) is 1. The highest BCUT2D eigenvalue weighted by molar-refractivity contribution is 7.88. The number of aromatic nitrogens is 2. The number of sulfonamides is 1. The van der Waals surface area contributed by atoms with E-state index in [4.69, 9.17) is 0 Å². The zero-order valence-corrected chi connectivity index (χ0v) is 16.0. The first kappa shape index (κ1) is 18.6. The molecule has 26 heavy (non-hydrogen) atoms. The smallest absolute Gasteiger partial charge is 0.238 e. The van der Waals surface area contributed by atoms with Crippen molar-refractivity contribution in [2.45, 2.75) is 38.8 Å². The van der Waals surface area contributed by atoms with Crippen LogP contribution in [0.1, 0.15) is 37.2 Å². The second-order valence-corrected chi connectivity index (χ2v) is 8.63. The fraction of sp³-hybridized carbons (Fsp3) is 0.444. The number of rotatable bonds is 5. The number of imidazole rings is 1. The Kier molecular flexibility index (Phi) is 5.15. The molecule has 1 aliphatic rings. The van der Waals surface area contributed by atoms with E-state index < -0.39 is 16.1 Å². The standard InChI is InChI=1S/C18H24N4O3S/c1-13(20-18(23)17-5-4-11-22(17)26(3,24)25)15-6-8-16(9-7-15)21-12-10-19-14(21)2/h6-10,12-13,17H,4-5,11H2,1-3H3,(H,20,23)/t13-,17+/m1/s1. The van der Waals surface area contributed by atoms with Crippen LogP contribution in [0.4, 0.5) is 0 Å². The van der Waals surface area contributed by atoms with E-state index in [-0.39, 0.29) is 11.9 Å². The Labute approximate surface area is 154 Å². The number of hydrogen-bond acceptors (Lipinski definition) is 4. The Morgan fingerprint density at radius 2 is 2.00 bits per heavy atom. The molecule has 1 amide bonds. The molecule has 1 aliphatic heterocycles. The first-order valence-corrected chi connectivity index (χ1v) is 10.5. The molecule has 1 fully saturated rings. The zero-order valence-electron chi connectivity index (χ0n) is 15.2. The van der Waals surface area contributed by atoms with Gasteiger partial charge in [0.1, 0.15) is 11.9 Å². The number of aryl methyl sites for hydroxylation is 1. The van der Waals surface area contributed by atoms with Gasteiger partial charge in [-0.25, -0.2) is 13.4 Å². The number of nitrogens with zero attached hydrogens (tertiary/aromatic N) is 3. The van der Waals surface area contributed by atoms with Crippen LogP contribution in [-0.4, -0.2) is 47.0 Å². The second kappa shape index (κ2) is 7.20. The Balaban J connectivity index is 1.69. The van der Waals surface area contributed by atoms with Crippen LogP contribution in [0.3, 0.4) is 0 Å². The van der Waals surface area contributed by atoms with Crippen molar-refractivity contribution < 1.29 is 13.2 Å². The summed E-state index contributed by atoms with van der Waals surface area (Å²) in [5, 5.41) is 2.94. The fourth-order valence-corrected chi connectivity index (χ4v) is 4.49. The molecule has 140 valence electrons. The van der Waals surface area contributed by atoms with Crippen LogP contribution in [-0.2, 0) is 14.8 Å². The lowest BCUT2D eigenvalue weighted by molar-refractivity contribution is -0.124. The Bertz CT molecular complexity index is 889. The third-order valence-electron chi connectivity index (χ3n) is 4.79. The topological polar surface area (TPSA) is 84.3 Å². The van der Waals surface area contributed by atoms with E-state index in [2.05, 4.69) is 10.3 Å². The van der Waals surface area contributed by atoms with E-state index >= 15 is 0 Å². The van der Waals surface area contributed by atoms with Gasteiger partial charge in [-0.05, 0) is 44.4 Å². The van der Waals surface area contributed by atoms with Crippen molar-refractivity contribution in [2.75, 3.05) is 12.8 Å². The third-order valence-corrected chi connectivity index (χ3v) is 6.08. The minimum atomic E-state index is -3.37. The summed E-state index contributed by atoms with van der Waals surface area (Å²) in [6, 6.07) is 7.06. The molecule has 0 radical (unpaired) electrons. The summed E-state index contributed by atoms with van der Waals surface area (Å²) in [6.45, 7) is 4.24. The molecular formula is C18H24N4O3S. The third kappa shape index (κ3) is 3.81. The lowest BCUT2D eigenvalue weighted by Gasteiger charge is -2.23. The molecule has 0 unspecified atom stereocenters. The number of hydrogen-bond donors (Lipinski definition) is 1. The maximum atomic E-state index is 12.6. The summed E-state index contributed by atoms with van der Waals surface area (Å²) in [4.78, 5) is 16.8. The highest BCUT2D eigenvalue weighted by Gasteiger charge is 2.36. The molecule has 0 aliphatic carbocycles. The van der Waals surface area contributed by atoms with E-state index in [9.17, 15) is 13.2 Å². The van der Waals surface area contributed by atoms with Crippen molar-refractivity contribution >= 4 is 15.9 Å². The number of benzene rings is 1. The molecule has 2 aromatic rings. The quantitative estimate of drug-likeness (QED) is 0.862. The number of carbonyl (C=O) groups is 1. The molecule has 3 rings (SSSR count). The van der Waals surface area contributed by atoms with Crippen LogP contribution < -0.4 is 5.32 Å². The molecule has 1 saturated heterocycles. The molecule has 0 spiro atoms. The van der Waals surface area contributed by atoms with Gasteiger partial charge in [-0.2, -0.15) is 4.31 Å². The predicted octanol–water partition coefficient (Wildman–Crippen LogP) is 1.78. The largest absolute Gasteiger partial charge is 0.348 e. The summed E-state index contributed by atoms with van der Waals surface area (Å²) in [5.74, 6) is 0.663. The predicted molar refractivity (Wildman–Crippen MR) is 99.4 cm³/mol. The van der Waals surface area contributed by atoms with Crippen molar-refractivity contribution in [3.05, 3.63) is 48.0 Å². The van der Waals surface area contributed by atoms with Crippen LogP contribution >= 0.6 is 0 Å². The summed E-state index contributed by atoms with van der Waals surface area (Å²) >= 11 is 0. The molecule has 7 nitrogen and oxygen atoms in total. The molecule has 1 aromatic heterocycles. The van der Waals surface area contributed by atoms with Gasteiger partial charge in [0.25, 0.3) is 0 Å². The van der Waals surface area contributed by atoms with E-state index in [1.807, 2.05) is 48.9 Å². The van der Waals surface area contributed by atoms with Crippen LogP contribution in [0.25, 0.3) is 5.69 Å². The van der Waals surface area contributed by atoms with Crippen molar-refractivity contribution in [3.63, 3.8) is 0 Å². The highest BCUT2D eigenvalue weighted by Crippen LogP contribution is 2.22. The summed E-state index contributed by atoms with van der Waals surface area (Å²) in [6.07, 6.45) is 6.07. The van der Waals surface area contributed by atoms with Gasteiger partial charge in [0.2, 0.25) is 15.9 Å². The van der Waals surface area contributed by atoms with Crippen LogP contribution in [0, 0.1) is 6.92 Å². The van der Waals surface area contributed by atoms with Crippen LogP contribution in [0.2, 0.25) is 0 Å². The zero-order chi connectivity index (χ0) is 18.9. The van der Waals surface area contributed by atoms with Crippen molar-refractivity contribution in [3.8, 4) is 5.69 Å². The van der Waals surface area contributed by atoms with Crippen molar-refractivity contribution in [1.82, 2.24) is 19.2 Å². The first-order chi connectivity index (χ1) is 12.3. The maximum Gasteiger partial charge on any atom is 0.238 e. The second-order valence-electron chi connectivity index (χ2n) is 6.70. The Morgan fingerprint density at radius 1 is 1.31 bits per heavy atom. The van der Waals surface area contributed by atoms with Crippen LogP contribution in [0.15, 0.2) is 36.7 Å². The minimum Gasteiger partial charge on any atom is -0.348 e. The number of amides is 1. The molecule has 2 atom stereocenters. The highest BCUT2D eigenvalue weighted by atomic mass is 32.2. The normalized spacial score (nSPS) is 19.4. The molecule has 0 bridgehead atoms. The summed E-state index contributed by atoms with van der Waals surface area (Å²) in [5.41, 5.74) is 1.96. The van der Waals surface area contributed by atoms with Gasteiger partial charge in [-0.3, -0.25) is 4.79 Å². The fourth-order valence-electron chi connectivity index (χ4n) is 3.37. The van der Waals surface area contributed by atoms with E-state index in [0.29, 0.717) is 19.4 Å². The van der Waals surface area contributed by atoms with Gasteiger partial charge in [-0.15, -0.1) is 0 Å². The maximum absolute atomic E-state index is 12.6. The van der Waals surface area contributed by atoms with E-state index in [1.54, 1.807) is 6.20 Å². The van der Waals surface area contributed by atoms with Gasteiger partial charge in [0.05, 0.1) is 12.3 Å². The summed E-state index contributed by atoms with van der Waals surface area (Å²) < 4.78 is 26.9. The van der Waals surface area contributed by atoms with Gasteiger partial charge in [0.15, 0.2) is 0 Å². The van der Waals surface area contributed by atoms with Crippen molar-refractivity contribution in [1.29, 1.82) is 0 Å². The molecule has 2 heterocycles. The monoisotopic (exact) mass is 376 g/mol. The van der Waals surface area contributed by atoms with E-state index in [0.717, 1.165) is 23.3 Å². The molecule has 8 heteroatoms. The Hall–Kier alpha value is -2.19. The molecule has 1 aromatic carbocycles.